The maximum atomic E-state index is 14.1. The highest BCUT2D eigenvalue weighted by atomic mass is 19.1. The minimum Gasteiger partial charge on any atom is -0.378 e. The summed E-state index contributed by atoms with van der Waals surface area (Å²) in [7, 11) is 1.56. The van der Waals surface area contributed by atoms with Gasteiger partial charge < -0.3 is 9.64 Å². The molecule has 0 unspecified atom stereocenters. The number of ether oxygens (including phenoxy) is 1. The van der Waals surface area contributed by atoms with Crippen molar-refractivity contribution in [1.29, 1.82) is 0 Å². The fraction of sp³-hybridized carbons (Fsp3) is 0.190. The van der Waals surface area contributed by atoms with Gasteiger partial charge in [0.2, 0.25) is 5.82 Å². The van der Waals surface area contributed by atoms with Crippen molar-refractivity contribution in [2.24, 2.45) is 0 Å². The van der Waals surface area contributed by atoms with Crippen molar-refractivity contribution >= 4 is 17.5 Å². The van der Waals surface area contributed by atoms with Crippen molar-refractivity contribution in [2.45, 2.75) is 19.7 Å². The molecule has 3 heterocycles. The van der Waals surface area contributed by atoms with Gasteiger partial charge in [-0.25, -0.2) is 18.6 Å². The number of carbonyl (C=O) groups is 1. The van der Waals surface area contributed by atoms with Crippen molar-refractivity contribution in [3.05, 3.63) is 81.2 Å². The lowest BCUT2D eigenvalue weighted by molar-refractivity contribution is -0.384. The number of carbonyl (C=O) groups excluding carboxylic acids is 1. The molecule has 11 heteroatoms. The predicted octanol–water partition coefficient (Wildman–Crippen LogP) is 4.02. The van der Waals surface area contributed by atoms with Gasteiger partial charge in [0.1, 0.15) is 11.6 Å². The molecule has 0 fully saturated rings. The lowest BCUT2D eigenvalue weighted by Crippen LogP contribution is -2.31. The number of pyridine rings is 2. The smallest absolute Gasteiger partial charge is 0.323 e. The zero-order valence-electron chi connectivity index (χ0n) is 16.8. The lowest BCUT2D eigenvalue weighted by atomic mass is 10.1. The van der Waals surface area contributed by atoms with E-state index in [1.807, 2.05) is 6.07 Å². The highest BCUT2D eigenvalue weighted by Crippen LogP contribution is 2.30. The summed E-state index contributed by atoms with van der Waals surface area (Å²) in [5.74, 6) is -1.99. The molecule has 0 spiro atoms. The van der Waals surface area contributed by atoms with Gasteiger partial charge in [0.05, 0.1) is 35.2 Å². The number of nitro groups is 1. The third-order valence-electron chi connectivity index (χ3n) is 4.91. The van der Waals surface area contributed by atoms with E-state index < -0.39 is 28.3 Å². The molecule has 2 amide bonds. The van der Waals surface area contributed by atoms with E-state index in [2.05, 4.69) is 15.3 Å². The quantitative estimate of drug-likeness (QED) is 0.473. The molecule has 1 N–H and O–H groups in total. The predicted molar refractivity (Wildman–Crippen MR) is 109 cm³/mol. The molecule has 32 heavy (non-hydrogen) atoms. The Morgan fingerprint density at radius 2 is 2.00 bits per heavy atom. The molecule has 0 bridgehead atoms. The van der Waals surface area contributed by atoms with Crippen LogP contribution in [0, 0.1) is 21.7 Å². The SMILES string of the molecule is COCc1ccc2c(n1)CN(C(=O)Nc1nc(-c3ccc(F)cc3F)ccc1[N+](=O)[O-])C2. The van der Waals surface area contributed by atoms with Crippen LogP contribution < -0.4 is 5.32 Å². The second kappa shape index (κ2) is 8.63. The number of halogens is 2. The van der Waals surface area contributed by atoms with Gasteiger partial charge in [0.25, 0.3) is 0 Å². The van der Waals surface area contributed by atoms with Crippen LogP contribution in [0.2, 0.25) is 0 Å². The number of amides is 2. The molecule has 1 aliphatic rings. The fourth-order valence-corrected chi connectivity index (χ4v) is 3.39. The molecule has 0 saturated carbocycles. The Bertz CT molecular complexity index is 1220. The molecular formula is C21H17F2N5O4. The summed E-state index contributed by atoms with van der Waals surface area (Å²) in [5, 5.41) is 13.9. The molecule has 2 aromatic heterocycles. The minimum atomic E-state index is -0.878. The van der Waals surface area contributed by atoms with Crippen molar-refractivity contribution in [3.8, 4) is 11.3 Å². The molecule has 3 aromatic rings. The third-order valence-corrected chi connectivity index (χ3v) is 4.91. The topological polar surface area (TPSA) is 110 Å². The lowest BCUT2D eigenvalue weighted by Gasteiger charge is -2.16. The van der Waals surface area contributed by atoms with E-state index in [0.717, 1.165) is 23.4 Å². The zero-order valence-corrected chi connectivity index (χ0v) is 16.8. The first-order valence-corrected chi connectivity index (χ1v) is 9.49. The summed E-state index contributed by atoms with van der Waals surface area (Å²) in [6.45, 7) is 0.808. The highest BCUT2D eigenvalue weighted by molar-refractivity contribution is 5.91. The van der Waals surface area contributed by atoms with Crippen LogP contribution in [0.4, 0.5) is 25.1 Å². The minimum absolute atomic E-state index is 0.0129. The number of rotatable bonds is 5. The van der Waals surface area contributed by atoms with Gasteiger partial charge in [0.15, 0.2) is 0 Å². The van der Waals surface area contributed by atoms with Crippen LogP contribution in [-0.4, -0.2) is 32.9 Å². The second-order valence-corrected chi connectivity index (χ2v) is 7.07. The first kappa shape index (κ1) is 21.2. The van der Waals surface area contributed by atoms with E-state index in [1.165, 1.54) is 17.0 Å². The molecule has 4 rings (SSSR count). The van der Waals surface area contributed by atoms with E-state index in [-0.39, 0.29) is 30.2 Å². The molecule has 0 aliphatic carbocycles. The van der Waals surface area contributed by atoms with Gasteiger partial charge in [-0.05, 0) is 29.8 Å². The standard InChI is InChI=1S/C21H17F2N5O4/c1-32-11-14-4-2-12-9-27(10-18(12)24-14)21(29)26-20-19(28(30)31)7-6-17(25-20)15-5-3-13(22)8-16(15)23/h2-8H,9-11H2,1H3,(H,25,26,29). The van der Waals surface area contributed by atoms with E-state index >= 15 is 0 Å². The normalized spacial score (nSPS) is 12.5. The van der Waals surface area contributed by atoms with Gasteiger partial charge >= 0.3 is 11.7 Å². The Morgan fingerprint density at radius 1 is 1.19 bits per heavy atom. The van der Waals surface area contributed by atoms with Crippen LogP contribution >= 0.6 is 0 Å². The van der Waals surface area contributed by atoms with Crippen LogP contribution in [0.5, 0.6) is 0 Å². The van der Waals surface area contributed by atoms with Crippen LogP contribution in [-0.2, 0) is 24.4 Å². The summed E-state index contributed by atoms with van der Waals surface area (Å²) in [6.07, 6.45) is 0. The van der Waals surface area contributed by atoms with Crippen molar-refractivity contribution in [2.75, 3.05) is 12.4 Å². The summed E-state index contributed by atoms with van der Waals surface area (Å²) in [5.41, 5.74) is 1.78. The first-order valence-electron chi connectivity index (χ1n) is 9.49. The number of benzene rings is 1. The van der Waals surface area contributed by atoms with Crippen LogP contribution in [0.25, 0.3) is 11.3 Å². The number of urea groups is 1. The molecule has 0 saturated heterocycles. The molecule has 9 nitrogen and oxygen atoms in total. The number of anilines is 1. The van der Waals surface area contributed by atoms with Gasteiger partial charge in [0, 0.05) is 31.4 Å². The summed E-state index contributed by atoms with van der Waals surface area (Å²) in [4.78, 5) is 33.5. The molecule has 0 radical (unpaired) electrons. The van der Waals surface area contributed by atoms with E-state index in [4.69, 9.17) is 4.74 Å². The average Bonchev–Trinajstić information content (AvgIpc) is 3.17. The second-order valence-electron chi connectivity index (χ2n) is 7.07. The van der Waals surface area contributed by atoms with Gasteiger partial charge in [-0.3, -0.25) is 20.4 Å². The summed E-state index contributed by atoms with van der Waals surface area (Å²) in [6, 6.07) is 8.28. The molecule has 1 aromatic carbocycles. The summed E-state index contributed by atoms with van der Waals surface area (Å²) < 4.78 is 32.4. The summed E-state index contributed by atoms with van der Waals surface area (Å²) >= 11 is 0. The molecular weight excluding hydrogens is 424 g/mol. The Hall–Kier alpha value is -3.99. The number of hydrogen-bond donors (Lipinski definition) is 1. The molecule has 164 valence electrons. The first-order chi connectivity index (χ1) is 15.4. The van der Waals surface area contributed by atoms with Gasteiger partial charge in [-0.15, -0.1) is 0 Å². The van der Waals surface area contributed by atoms with E-state index in [0.29, 0.717) is 18.4 Å². The van der Waals surface area contributed by atoms with E-state index in [9.17, 15) is 23.7 Å². The Balaban J connectivity index is 1.59. The maximum Gasteiger partial charge on any atom is 0.323 e. The van der Waals surface area contributed by atoms with Crippen LogP contribution in [0.15, 0.2) is 42.5 Å². The number of nitrogens with one attached hydrogen (secondary N) is 1. The number of nitrogens with zero attached hydrogens (tertiary/aromatic N) is 4. The van der Waals surface area contributed by atoms with Gasteiger partial charge in [-0.2, -0.15) is 0 Å². The van der Waals surface area contributed by atoms with E-state index in [1.54, 1.807) is 13.2 Å². The Kier molecular flexibility index (Phi) is 5.73. The number of hydrogen-bond acceptors (Lipinski definition) is 6. The molecule has 0 atom stereocenters. The van der Waals surface area contributed by atoms with Gasteiger partial charge in [-0.1, -0.05) is 6.07 Å². The monoisotopic (exact) mass is 441 g/mol. The number of fused-ring (bicyclic) bond motifs is 1. The molecule has 1 aliphatic heterocycles. The Labute approximate surface area is 180 Å². The van der Waals surface area contributed by atoms with Crippen molar-refractivity contribution < 1.29 is 23.2 Å². The number of aromatic nitrogens is 2. The van der Waals surface area contributed by atoms with Crippen molar-refractivity contribution in [3.63, 3.8) is 0 Å². The zero-order chi connectivity index (χ0) is 22.8. The van der Waals surface area contributed by atoms with Crippen LogP contribution in [0.1, 0.15) is 17.0 Å². The fourth-order valence-electron chi connectivity index (χ4n) is 3.39. The number of methoxy groups -OCH3 is 1. The largest absolute Gasteiger partial charge is 0.378 e. The van der Waals surface area contributed by atoms with Crippen LogP contribution in [0.3, 0.4) is 0 Å². The average molecular weight is 441 g/mol. The third kappa shape index (κ3) is 4.23. The van der Waals surface area contributed by atoms with Crippen molar-refractivity contribution in [1.82, 2.24) is 14.9 Å². The maximum absolute atomic E-state index is 14.1. The highest BCUT2D eigenvalue weighted by Gasteiger charge is 2.27. The Morgan fingerprint density at radius 3 is 2.72 bits per heavy atom.